The highest BCUT2D eigenvalue weighted by Crippen LogP contribution is 2.33. The van der Waals surface area contributed by atoms with Crippen molar-refractivity contribution in [2.24, 2.45) is 5.92 Å². The molecule has 0 amide bonds. The van der Waals surface area contributed by atoms with E-state index in [0.29, 0.717) is 16.9 Å². The number of hydrogen-bond donors (Lipinski definition) is 0. The predicted octanol–water partition coefficient (Wildman–Crippen LogP) is 4.30. The van der Waals surface area contributed by atoms with Crippen LogP contribution in [-0.4, -0.2) is 17.7 Å². The maximum atomic E-state index is 12.5. The number of piperidine rings is 1. The molecule has 126 valence electrons. The van der Waals surface area contributed by atoms with Gasteiger partial charge in [0.25, 0.3) is 5.56 Å². The number of nitrogens with zero attached hydrogens (tertiary/aromatic N) is 2. The summed E-state index contributed by atoms with van der Waals surface area (Å²) >= 11 is 6.41. The van der Waals surface area contributed by atoms with Gasteiger partial charge in [-0.3, -0.25) is 4.79 Å². The number of pyridine rings is 1. The van der Waals surface area contributed by atoms with Crippen molar-refractivity contribution in [2.45, 2.75) is 38.1 Å². The molecule has 2 heterocycles. The topological polar surface area (TPSA) is 25.2 Å². The lowest BCUT2D eigenvalue weighted by atomic mass is 9.89. The number of anilines is 1. The van der Waals surface area contributed by atoms with Crippen molar-refractivity contribution in [3.8, 4) is 0 Å². The molecule has 1 saturated carbocycles. The lowest BCUT2D eigenvalue weighted by Gasteiger charge is -2.34. The van der Waals surface area contributed by atoms with Crippen molar-refractivity contribution in [1.29, 1.82) is 0 Å². The van der Waals surface area contributed by atoms with Gasteiger partial charge in [-0.2, -0.15) is 0 Å². The molecule has 2 fully saturated rings. The Morgan fingerprint density at radius 2 is 1.71 bits per heavy atom. The van der Waals surface area contributed by atoms with Gasteiger partial charge in [0.15, 0.2) is 0 Å². The van der Waals surface area contributed by atoms with Crippen molar-refractivity contribution < 1.29 is 0 Å². The van der Waals surface area contributed by atoms with E-state index < -0.39 is 0 Å². The first-order chi connectivity index (χ1) is 11.7. The average molecular weight is 343 g/mol. The van der Waals surface area contributed by atoms with Crippen LogP contribution in [0.3, 0.4) is 0 Å². The summed E-state index contributed by atoms with van der Waals surface area (Å²) in [6.07, 6.45) is 6.60. The number of rotatable bonds is 4. The Bertz CT molecular complexity index is 759. The third kappa shape index (κ3) is 3.23. The van der Waals surface area contributed by atoms with Crippen LogP contribution in [-0.2, 0) is 6.54 Å². The Labute approximate surface area is 147 Å². The van der Waals surface area contributed by atoms with E-state index in [1.807, 2.05) is 12.3 Å². The maximum absolute atomic E-state index is 12.5. The Balaban J connectivity index is 1.47. The SMILES string of the molecule is O=c1c(Cl)c(N2CCC(c3ccccc3)CC2)ccn1CC1CC1. The van der Waals surface area contributed by atoms with E-state index >= 15 is 0 Å². The molecule has 3 nitrogen and oxygen atoms in total. The van der Waals surface area contributed by atoms with Gasteiger partial charge in [0.05, 0.1) is 5.69 Å². The van der Waals surface area contributed by atoms with Crippen LogP contribution < -0.4 is 10.5 Å². The van der Waals surface area contributed by atoms with Crippen molar-refractivity contribution >= 4 is 17.3 Å². The summed E-state index contributed by atoms with van der Waals surface area (Å²) in [4.78, 5) is 14.8. The second kappa shape index (κ2) is 6.64. The van der Waals surface area contributed by atoms with Gasteiger partial charge < -0.3 is 9.47 Å². The minimum absolute atomic E-state index is 0.0359. The lowest BCUT2D eigenvalue weighted by molar-refractivity contribution is 0.504. The summed E-state index contributed by atoms with van der Waals surface area (Å²) < 4.78 is 1.78. The van der Waals surface area contributed by atoms with Gasteiger partial charge in [-0.15, -0.1) is 0 Å². The smallest absolute Gasteiger partial charge is 0.271 e. The van der Waals surface area contributed by atoms with Crippen LogP contribution in [0.4, 0.5) is 5.69 Å². The van der Waals surface area contributed by atoms with Crippen LogP contribution in [0.1, 0.15) is 37.2 Å². The fourth-order valence-corrected chi connectivity index (χ4v) is 3.97. The third-order valence-electron chi connectivity index (χ3n) is 5.34. The zero-order valence-electron chi connectivity index (χ0n) is 13.8. The lowest BCUT2D eigenvalue weighted by Crippen LogP contribution is -2.34. The summed E-state index contributed by atoms with van der Waals surface area (Å²) in [6.45, 7) is 2.71. The van der Waals surface area contributed by atoms with Gasteiger partial charge in [0, 0.05) is 25.8 Å². The molecule has 2 aliphatic rings. The first-order valence-corrected chi connectivity index (χ1v) is 9.29. The number of hydrogen-bond acceptors (Lipinski definition) is 2. The van der Waals surface area contributed by atoms with Crippen LogP contribution in [0.15, 0.2) is 47.4 Å². The highest BCUT2D eigenvalue weighted by atomic mass is 35.5. The van der Waals surface area contributed by atoms with Gasteiger partial charge >= 0.3 is 0 Å². The van der Waals surface area contributed by atoms with Crippen molar-refractivity contribution in [1.82, 2.24) is 4.57 Å². The van der Waals surface area contributed by atoms with Crippen LogP contribution in [0.25, 0.3) is 0 Å². The predicted molar refractivity (Wildman–Crippen MR) is 99.1 cm³/mol. The maximum Gasteiger partial charge on any atom is 0.271 e. The summed E-state index contributed by atoms with van der Waals surface area (Å²) in [5, 5.41) is 0.385. The quantitative estimate of drug-likeness (QED) is 0.827. The third-order valence-corrected chi connectivity index (χ3v) is 5.70. The fraction of sp³-hybridized carbons (Fsp3) is 0.450. The zero-order valence-corrected chi connectivity index (χ0v) is 14.6. The monoisotopic (exact) mass is 342 g/mol. The zero-order chi connectivity index (χ0) is 16.5. The molecule has 1 aromatic heterocycles. The molecule has 2 aromatic rings. The Morgan fingerprint density at radius 1 is 1.00 bits per heavy atom. The Hall–Kier alpha value is -1.74. The van der Waals surface area contributed by atoms with Crippen LogP contribution in [0, 0.1) is 5.92 Å². The number of halogens is 1. The van der Waals surface area contributed by atoms with Crippen LogP contribution >= 0.6 is 11.6 Å². The summed E-state index contributed by atoms with van der Waals surface area (Å²) in [5.41, 5.74) is 2.29. The van der Waals surface area contributed by atoms with Gasteiger partial charge in [-0.1, -0.05) is 41.9 Å². The summed E-state index contributed by atoms with van der Waals surface area (Å²) in [5.74, 6) is 1.28. The van der Waals surface area contributed by atoms with E-state index in [9.17, 15) is 4.79 Å². The van der Waals surface area contributed by atoms with Crippen molar-refractivity contribution in [3.05, 3.63) is 63.5 Å². The van der Waals surface area contributed by atoms with Gasteiger partial charge in [0.2, 0.25) is 0 Å². The summed E-state index contributed by atoms with van der Waals surface area (Å²) in [6, 6.07) is 12.7. The summed E-state index contributed by atoms with van der Waals surface area (Å²) in [7, 11) is 0. The van der Waals surface area contributed by atoms with E-state index in [1.54, 1.807) is 4.57 Å². The molecule has 0 radical (unpaired) electrons. The molecule has 1 aromatic carbocycles. The molecule has 0 N–H and O–H groups in total. The highest BCUT2D eigenvalue weighted by Gasteiger charge is 2.25. The molecular weight excluding hydrogens is 320 g/mol. The van der Waals surface area contributed by atoms with E-state index in [4.69, 9.17) is 11.6 Å². The average Bonchev–Trinajstić information content (AvgIpc) is 3.44. The van der Waals surface area contributed by atoms with E-state index in [-0.39, 0.29) is 5.56 Å². The minimum Gasteiger partial charge on any atom is -0.370 e. The molecular formula is C20H23ClN2O. The molecule has 1 saturated heterocycles. The number of benzene rings is 1. The second-order valence-corrected chi connectivity index (χ2v) is 7.47. The van der Waals surface area contributed by atoms with Gasteiger partial charge in [-0.05, 0) is 49.1 Å². The molecule has 4 rings (SSSR count). The second-order valence-electron chi connectivity index (χ2n) is 7.09. The number of aromatic nitrogens is 1. The Kier molecular flexibility index (Phi) is 4.36. The van der Waals surface area contributed by atoms with E-state index in [2.05, 4.69) is 35.2 Å². The molecule has 1 aliphatic heterocycles. The molecule has 0 atom stereocenters. The standard InChI is InChI=1S/C20H23ClN2O/c21-19-18(10-13-23(20(19)24)14-15-6-7-15)22-11-8-17(9-12-22)16-4-2-1-3-5-16/h1-5,10,13,15,17H,6-9,11-12,14H2. The van der Waals surface area contributed by atoms with Gasteiger partial charge in [0.1, 0.15) is 5.02 Å². The van der Waals surface area contributed by atoms with E-state index in [1.165, 1.54) is 18.4 Å². The molecule has 0 spiro atoms. The molecule has 1 aliphatic carbocycles. The molecule has 0 unspecified atom stereocenters. The van der Waals surface area contributed by atoms with Crippen LogP contribution in [0.2, 0.25) is 5.02 Å². The first-order valence-electron chi connectivity index (χ1n) is 8.91. The highest BCUT2D eigenvalue weighted by molar-refractivity contribution is 6.33. The normalized spacial score (nSPS) is 18.8. The van der Waals surface area contributed by atoms with Gasteiger partial charge in [-0.25, -0.2) is 0 Å². The van der Waals surface area contributed by atoms with Crippen molar-refractivity contribution in [3.63, 3.8) is 0 Å². The van der Waals surface area contributed by atoms with Crippen LogP contribution in [0.5, 0.6) is 0 Å². The molecule has 0 bridgehead atoms. The largest absolute Gasteiger partial charge is 0.370 e. The van der Waals surface area contributed by atoms with E-state index in [0.717, 1.165) is 38.2 Å². The first kappa shape index (κ1) is 15.8. The molecule has 24 heavy (non-hydrogen) atoms. The fourth-order valence-electron chi connectivity index (χ4n) is 3.68. The minimum atomic E-state index is -0.0359. The Morgan fingerprint density at radius 3 is 2.38 bits per heavy atom. The van der Waals surface area contributed by atoms with Crippen molar-refractivity contribution in [2.75, 3.05) is 18.0 Å². The molecule has 4 heteroatoms.